The molecule has 2 aliphatic rings. The minimum atomic E-state index is -4.61. The summed E-state index contributed by atoms with van der Waals surface area (Å²) in [5.74, 6) is -0.416. The predicted octanol–water partition coefficient (Wildman–Crippen LogP) is 5.86. The van der Waals surface area contributed by atoms with Gasteiger partial charge < -0.3 is 15.5 Å². The van der Waals surface area contributed by atoms with E-state index < -0.39 is 17.6 Å². The first kappa shape index (κ1) is 29.7. The van der Waals surface area contributed by atoms with Gasteiger partial charge in [-0.15, -0.1) is 5.53 Å². The minimum absolute atomic E-state index is 0.0569. The number of nitrogens with zero attached hydrogens (tertiary/aromatic N) is 4. The molecule has 2 aromatic carbocycles. The molecule has 1 fully saturated rings. The Labute approximate surface area is 247 Å². The maximum atomic E-state index is 14.0. The fourth-order valence-corrected chi connectivity index (χ4v) is 5.65. The van der Waals surface area contributed by atoms with E-state index in [-0.39, 0.29) is 35.6 Å². The Morgan fingerprint density at radius 1 is 1.19 bits per heavy atom. The number of aromatic nitrogens is 2. The van der Waals surface area contributed by atoms with Gasteiger partial charge in [0.05, 0.1) is 41.0 Å². The van der Waals surface area contributed by atoms with Crippen LogP contribution in [0, 0.1) is 6.92 Å². The molecule has 1 aromatic heterocycles. The molecule has 0 aliphatic carbocycles. The van der Waals surface area contributed by atoms with Gasteiger partial charge in [-0.1, -0.05) is 11.6 Å². The van der Waals surface area contributed by atoms with Crippen molar-refractivity contribution in [1.29, 1.82) is 0 Å². The van der Waals surface area contributed by atoms with E-state index >= 15 is 0 Å². The number of hydrogen-bond donors (Lipinski definition) is 3. The van der Waals surface area contributed by atoms with Crippen molar-refractivity contribution in [2.45, 2.75) is 58.4 Å². The normalized spacial score (nSPS) is 19.2. The van der Waals surface area contributed by atoms with Crippen LogP contribution >= 0.6 is 11.6 Å². The standard InChI is InChI=1S/C29H33ClF3N7O2/c1-16-6-7-17(2)39(16)14-20-10-21(29(31,32)33)12-24(27(20)42-5)35-28(41)19-8-9-23(30)26(11-19)40-15-25(36-37-40)22-13-34-38(4)18(22)3/h8-13,15-17,36-37H,6-7,14H2,1-5H3,(H,35,41). The molecule has 9 nitrogen and oxygen atoms in total. The molecule has 2 unspecified atom stereocenters. The second-order valence-corrected chi connectivity index (χ2v) is 11.1. The second-order valence-electron chi connectivity index (χ2n) is 10.7. The molecule has 1 amide bonds. The molecule has 1 saturated heterocycles. The van der Waals surface area contributed by atoms with Crippen molar-refractivity contribution in [3.63, 3.8) is 0 Å². The molecule has 224 valence electrons. The highest BCUT2D eigenvalue weighted by molar-refractivity contribution is 6.33. The number of likely N-dealkylation sites (tertiary alicyclic amines) is 1. The van der Waals surface area contributed by atoms with Gasteiger partial charge in [-0.25, -0.2) is 0 Å². The molecule has 3 heterocycles. The van der Waals surface area contributed by atoms with Gasteiger partial charge in [-0.3, -0.25) is 19.4 Å². The van der Waals surface area contributed by atoms with Crippen LogP contribution in [0.15, 0.2) is 42.7 Å². The highest BCUT2D eigenvalue weighted by Gasteiger charge is 2.35. The van der Waals surface area contributed by atoms with E-state index in [9.17, 15) is 18.0 Å². The molecule has 2 aliphatic heterocycles. The largest absolute Gasteiger partial charge is 0.494 e. The van der Waals surface area contributed by atoms with E-state index in [4.69, 9.17) is 16.3 Å². The number of halogens is 4. The van der Waals surface area contributed by atoms with Crippen molar-refractivity contribution in [2.24, 2.45) is 7.05 Å². The van der Waals surface area contributed by atoms with Gasteiger partial charge in [-0.05, 0) is 63.9 Å². The molecule has 0 spiro atoms. The van der Waals surface area contributed by atoms with Crippen molar-refractivity contribution in [3.05, 3.63) is 75.7 Å². The molecular formula is C29H33ClF3N7O2. The Bertz CT molecular complexity index is 1530. The average molecular weight is 604 g/mol. The van der Waals surface area contributed by atoms with Crippen LogP contribution in [0.1, 0.15) is 59.4 Å². The number of nitrogens with one attached hydrogen (secondary N) is 3. The van der Waals surface area contributed by atoms with Gasteiger partial charge in [-0.2, -0.15) is 18.3 Å². The number of benzene rings is 2. The maximum Gasteiger partial charge on any atom is 0.416 e. The third-order valence-electron chi connectivity index (χ3n) is 8.00. The van der Waals surface area contributed by atoms with Crippen molar-refractivity contribution >= 4 is 34.6 Å². The number of ether oxygens (including phenoxy) is 1. The summed E-state index contributed by atoms with van der Waals surface area (Å²) < 4.78 is 49.2. The van der Waals surface area contributed by atoms with Crippen molar-refractivity contribution in [2.75, 3.05) is 17.4 Å². The summed E-state index contributed by atoms with van der Waals surface area (Å²) in [6, 6.07) is 7.06. The topological polar surface area (TPSA) is 86.7 Å². The molecule has 42 heavy (non-hydrogen) atoms. The Balaban J connectivity index is 1.45. The number of amides is 1. The molecule has 13 heteroatoms. The first-order valence-corrected chi connectivity index (χ1v) is 13.9. The summed E-state index contributed by atoms with van der Waals surface area (Å²) >= 11 is 6.48. The SMILES string of the molecule is COc1c(CN2C(C)CCC2C)cc(C(F)(F)F)cc1NC(=O)c1ccc(Cl)c(N2C=C(c3cnn(C)c3C)NN2)c1. The van der Waals surface area contributed by atoms with E-state index in [0.717, 1.165) is 41.9 Å². The summed E-state index contributed by atoms with van der Waals surface area (Å²) in [5, 5.41) is 8.88. The Morgan fingerprint density at radius 3 is 2.52 bits per heavy atom. The number of hydrogen-bond acceptors (Lipinski definition) is 7. The van der Waals surface area contributed by atoms with Gasteiger partial charge in [0.1, 0.15) is 5.75 Å². The van der Waals surface area contributed by atoms with Crippen LogP contribution in [0.2, 0.25) is 5.02 Å². The number of aryl methyl sites for hydroxylation is 1. The number of carbonyl (C=O) groups is 1. The monoisotopic (exact) mass is 603 g/mol. The number of rotatable bonds is 7. The van der Waals surface area contributed by atoms with Gasteiger partial charge in [0.15, 0.2) is 0 Å². The van der Waals surface area contributed by atoms with Gasteiger partial charge in [0.2, 0.25) is 0 Å². The number of anilines is 2. The third kappa shape index (κ3) is 5.79. The van der Waals surface area contributed by atoms with Crippen molar-refractivity contribution in [1.82, 2.24) is 25.6 Å². The lowest BCUT2D eigenvalue weighted by Gasteiger charge is -2.28. The van der Waals surface area contributed by atoms with Crippen LogP contribution in [0.25, 0.3) is 5.70 Å². The van der Waals surface area contributed by atoms with E-state index in [1.54, 1.807) is 34.2 Å². The van der Waals surface area contributed by atoms with Crippen LogP contribution in [0.5, 0.6) is 5.75 Å². The van der Waals surface area contributed by atoms with E-state index in [1.165, 1.54) is 13.2 Å². The summed E-state index contributed by atoms with van der Waals surface area (Å²) in [6.07, 6.45) is 0.818. The third-order valence-corrected chi connectivity index (χ3v) is 8.32. The van der Waals surface area contributed by atoms with Crippen LogP contribution in [0.3, 0.4) is 0 Å². The quantitative estimate of drug-likeness (QED) is 0.312. The fraction of sp³-hybridized carbons (Fsp3) is 0.379. The molecular weight excluding hydrogens is 571 g/mol. The lowest BCUT2D eigenvalue weighted by atomic mass is 10.0. The fourth-order valence-electron chi connectivity index (χ4n) is 5.44. The zero-order valence-electron chi connectivity index (χ0n) is 23.9. The predicted molar refractivity (Wildman–Crippen MR) is 156 cm³/mol. The first-order valence-electron chi connectivity index (χ1n) is 13.5. The number of carbonyl (C=O) groups excluding carboxylic acids is 1. The molecule has 5 rings (SSSR count). The number of alkyl halides is 3. The zero-order chi connectivity index (χ0) is 30.3. The number of hydrazine groups is 2. The van der Waals surface area contributed by atoms with Gasteiger partial charge in [0.25, 0.3) is 5.91 Å². The lowest BCUT2D eigenvalue weighted by molar-refractivity contribution is -0.137. The first-order chi connectivity index (χ1) is 19.9. The molecule has 0 radical (unpaired) electrons. The minimum Gasteiger partial charge on any atom is -0.494 e. The van der Waals surface area contributed by atoms with Crippen molar-refractivity contribution in [3.8, 4) is 5.75 Å². The van der Waals surface area contributed by atoms with Crippen LogP contribution in [-0.2, 0) is 19.8 Å². The van der Waals surface area contributed by atoms with Gasteiger partial charge in [0, 0.05) is 54.3 Å². The molecule has 0 bridgehead atoms. The molecule has 3 aromatic rings. The highest BCUT2D eigenvalue weighted by atomic mass is 35.5. The summed E-state index contributed by atoms with van der Waals surface area (Å²) in [4.78, 5) is 15.6. The number of methoxy groups -OCH3 is 1. The van der Waals surface area contributed by atoms with E-state index in [1.807, 2.05) is 14.0 Å². The van der Waals surface area contributed by atoms with E-state index in [2.05, 4.69) is 40.1 Å². The average Bonchev–Trinajstić information content (AvgIpc) is 3.64. The summed E-state index contributed by atoms with van der Waals surface area (Å²) in [5.41, 5.74) is 8.72. The molecule has 3 N–H and O–H groups in total. The molecule has 0 saturated carbocycles. The van der Waals surface area contributed by atoms with Crippen LogP contribution < -0.4 is 26.0 Å². The highest BCUT2D eigenvalue weighted by Crippen LogP contribution is 2.40. The Morgan fingerprint density at radius 2 is 1.90 bits per heavy atom. The second kappa shape index (κ2) is 11.5. The smallest absolute Gasteiger partial charge is 0.416 e. The van der Waals surface area contributed by atoms with Crippen LogP contribution in [-0.4, -0.2) is 39.8 Å². The molecule has 2 atom stereocenters. The van der Waals surface area contributed by atoms with Crippen LogP contribution in [0.4, 0.5) is 24.5 Å². The Kier molecular flexibility index (Phi) is 8.15. The maximum absolute atomic E-state index is 14.0. The summed E-state index contributed by atoms with van der Waals surface area (Å²) in [6.45, 7) is 6.32. The van der Waals surface area contributed by atoms with Crippen molar-refractivity contribution < 1.29 is 22.7 Å². The van der Waals surface area contributed by atoms with Gasteiger partial charge >= 0.3 is 6.18 Å². The lowest BCUT2D eigenvalue weighted by Crippen LogP contribution is -2.36. The zero-order valence-corrected chi connectivity index (χ0v) is 24.7. The van der Waals surface area contributed by atoms with E-state index in [0.29, 0.717) is 16.3 Å². The Hall–Kier alpha value is -3.74. The summed E-state index contributed by atoms with van der Waals surface area (Å²) in [7, 11) is 3.23.